The van der Waals surface area contributed by atoms with Gasteiger partial charge in [0.1, 0.15) is 5.82 Å². The van der Waals surface area contributed by atoms with E-state index in [9.17, 15) is 14.0 Å². The predicted molar refractivity (Wildman–Crippen MR) is 76.8 cm³/mol. The number of rotatable bonds is 7. The monoisotopic (exact) mass is 299 g/mol. The van der Waals surface area contributed by atoms with Gasteiger partial charge in [-0.2, -0.15) is 11.8 Å². The van der Waals surface area contributed by atoms with Crippen LogP contribution < -0.4 is 5.32 Å². The Balaban J connectivity index is 2.20. The SMILES string of the molecule is COC(=O)C(C)CSCC(=O)NCc1ccc(F)cc1. The van der Waals surface area contributed by atoms with Gasteiger partial charge in [-0.05, 0) is 17.7 Å². The van der Waals surface area contributed by atoms with Crippen molar-refractivity contribution in [3.05, 3.63) is 35.6 Å². The average molecular weight is 299 g/mol. The highest BCUT2D eigenvalue weighted by atomic mass is 32.2. The molecule has 0 bridgehead atoms. The van der Waals surface area contributed by atoms with Crippen LogP contribution in [0.25, 0.3) is 0 Å². The molecule has 0 aliphatic heterocycles. The van der Waals surface area contributed by atoms with Crippen LogP contribution in [0, 0.1) is 11.7 Å². The van der Waals surface area contributed by atoms with Crippen molar-refractivity contribution in [3.8, 4) is 0 Å². The van der Waals surface area contributed by atoms with Gasteiger partial charge in [-0.3, -0.25) is 9.59 Å². The Morgan fingerprint density at radius 1 is 1.35 bits per heavy atom. The van der Waals surface area contributed by atoms with Crippen molar-refractivity contribution in [3.63, 3.8) is 0 Å². The van der Waals surface area contributed by atoms with E-state index in [0.29, 0.717) is 12.3 Å². The highest BCUT2D eigenvalue weighted by Crippen LogP contribution is 2.09. The first-order valence-electron chi connectivity index (χ1n) is 6.19. The molecule has 1 N–H and O–H groups in total. The Hall–Kier alpha value is -1.56. The summed E-state index contributed by atoms with van der Waals surface area (Å²) in [4.78, 5) is 22.7. The lowest BCUT2D eigenvalue weighted by Crippen LogP contribution is -2.25. The number of thioether (sulfide) groups is 1. The molecule has 4 nitrogen and oxygen atoms in total. The lowest BCUT2D eigenvalue weighted by Gasteiger charge is -2.09. The van der Waals surface area contributed by atoms with Crippen molar-refractivity contribution in [1.29, 1.82) is 0 Å². The zero-order valence-electron chi connectivity index (χ0n) is 11.5. The Morgan fingerprint density at radius 3 is 2.60 bits per heavy atom. The normalized spacial score (nSPS) is 11.8. The van der Waals surface area contributed by atoms with Crippen LogP contribution in [0.5, 0.6) is 0 Å². The third kappa shape index (κ3) is 6.06. The minimum absolute atomic E-state index is 0.114. The summed E-state index contributed by atoms with van der Waals surface area (Å²) in [6.07, 6.45) is 0. The van der Waals surface area contributed by atoms with E-state index in [0.717, 1.165) is 5.56 Å². The van der Waals surface area contributed by atoms with Gasteiger partial charge in [-0.15, -0.1) is 0 Å². The third-order valence-electron chi connectivity index (χ3n) is 2.61. The summed E-state index contributed by atoms with van der Waals surface area (Å²) in [6.45, 7) is 2.13. The molecule has 1 atom stereocenters. The van der Waals surface area contributed by atoms with Gasteiger partial charge < -0.3 is 10.1 Å². The standard InChI is InChI=1S/C14H18FNO3S/c1-10(14(18)19-2)8-20-9-13(17)16-7-11-3-5-12(15)6-4-11/h3-6,10H,7-9H2,1-2H3,(H,16,17). The number of methoxy groups -OCH3 is 1. The molecule has 1 rings (SSSR count). The smallest absolute Gasteiger partial charge is 0.309 e. The molecule has 0 heterocycles. The zero-order valence-corrected chi connectivity index (χ0v) is 12.3. The van der Waals surface area contributed by atoms with Crippen LogP contribution in [0.2, 0.25) is 0 Å². The number of halogens is 1. The number of nitrogens with one attached hydrogen (secondary N) is 1. The molecule has 1 aromatic carbocycles. The summed E-state index contributed by atoms with van der Waals surface area (Å²) in [6, 6.07) is 5.97. The van der Waals surface area contributed by atoms with Crippen LogP contribution in [0.1, 0.15) is 12.5 Å². The van der Waals surface area contributed by atoms with Crippen LogP contribution in [0.3, 0.4) is 0 Å². The highest BCUT2D eigenvalue weighted by molar-refractivity contribution is 7.99. The van der Waals surface area contributed by atoms with Crippen LogP contribution >= 0.6 is 11.8 Å². The number of carbonyl (C=O) groups excluding carboxylic acids is 2. The lowest BCUT2D eigenvalue weighted by atomic mass is 10.2. The first-order chi connectivity index (χ1) is 9.52. The molecule has 1 aromatic rings. The number of hydrogen-bond donors (Lipinski definition) is 1. The van der Waals surface area contributed by atoms with Crippen molar-refractivity contribution in [1.82, 2.24) is 5.32 Å². The van der Waals surface area contributed by atoms with Crippen molar-refractivity contribution in [2.24, 2.45) is 5.92 Å². The number of hydrogen-bond acceptors (Lipinski definition) is 4. The van der Waals surface area contributed by atoms with E-state index < -0.39 is 0 Å². The summed E-state index contributed by atoms with van der Waals surface area (Å²) in [5.74, 6) is -0.0953. The Labute approximate surface area is 122 Å². The molecular formula is C14H18FNO3S. The van der Waals surface area contributed by atoms with Crippen LogP contribution in [-0.4, -0.2) is 30.5 Å². The molecule has 110 valence electrons. The van der Waals surface area contributed by atoms with Crippen molar-refractivity contribution >= 4 is 23.6 Å². The molecule has 0 saturated heterocycles. The van der Waals surface area contributed by atoms with E-state index in [4.69, 9.17) is 0 Å². The van der Waals surface area contributed by atoms with E-state index >= 15 is 0 Å². The molecule has 0 fully saturated rings. The summed E-state index contributed by atoms with van der Waals surface area (Å²) in [5.41, 5.74) is 0.840. The number of carbonyl (C=O) groups is 2. The average Bonchev–Trinajstić information content (AvgIpc) is 2.45. The molecule has 0 saturated carbocycles. The maximum atomic E-state index is 12.7. The van der Waals surface area contributed by atoms with Crippen LogP contribution in [0.4, 0.5) is 4.39 Å². The lowest BCUT2D eigenvalue weighted by molar-refractivity contribution is -0.144. The second kappa shape index (κ2) is 8.58. The largest absolute Gasteiger partial charge is 0.469 e. The Kier molecular flexibility index (Phi) is 7.08. The number of benzene rings is 1. The van der Waals surface area contributed by atoms with Gasteiger partial charge in [0.25, 0.3) is 0 Å². The van der Waals surface area contributed by atoms with Gasteiger partial charge in [0.15, 0.2) is 0 Å². The minimum atomic E-state index is -0.299. The molecule has 20 heavy (non-hydrogen) atoms. The molecule has 6 heteroatoms. The highest BCUT2D eigenvalue weighted by Gasteiger charge is 2.13. The molecule has 0 aliphatic rings. The third-order valence-corrected chi connectivity index (χ3v) is 3.81. The number of esters is 1. The predicted octanol–water partition coefficient (Wildman–Crippen LogP) is 1.98. The number of amides is 1. The van der Waals surface area contributed by atoms with Gasteiger partial charge in [-0.25, -0.2) is 4.39 Å². The summed E-state index contributed by atoms with van der Waals surface area (Å²) >= 11 is 1.38. The van der Waals surface area contributed by atoms with Crippen molar-refractivity contribution < 1.29 is 18.7 Å². The van der Waals surface area contributed by atoms with Crippen LogP contribution in [-0.2, 0) is 20.9 Å². The molecule has 0 radical (unpaired) electrons. The quantitative estimate of drug-likeness (QED) is 0.782. The summed E-state index contributed by atoms with van der Waals surface area (Å²) in [7, 11) is 1.35. The maximum absolute atomic E-state index is 12.7. The van der Waals surface area contributed by atoms with Crippen molar-refractivity contribution in [2.45, 2.75) is 13.5 Å². The van der Waals surface area contributed by atoms with Gasteiger partial charge in [-0.1, -0.05) is 19.1 Å². The second-order valence-corrected chi connectivity index (χ2v) is 5.37. The van der Waals surface area contributed by atoms with Gasteiger partial charge in [0, 0.05) is 12.3 Å². The van der Waals surface area contributed by atoms with Gasteiger partial charge in [0.2, 0.25) is 5.91 Å². The first kappa shape index (κ1) is 16.5. The summed E-state index contributed by atoms with van der Waals surface area (Å²) in [5, 5.41) is 2.74. The molecule has 0 spiro atoms. The Morgan fingerprint density at radius 2 is 2.00 bits per heavy atom. The van der Waals surface area contributed by atoms with Gasteiger partial charge >= 0.3 is 5.97 Å². The van der Waals surface area contributed by atoms with E-state index in [1.807, 2.05) is 0 Å². The Bertz CT molecular complexity index is 450. The van der Waals surface area contributed by atoms with E-state index in [1.165, 1.54) is 31.0 Å². The number of ether oxygens (including phenoxy) is 1. The van der Waals surface area contributed by atoms with Crippen molar-refractivity contribution in [2.75, 3.05) is 18.6 Å². The van der Waals surface area contributed by atoms with E-state index in [-0.39, 0.29) is 29.4 Å². The molecule has 0 aromatic heterocycles. The van der Waals surface area contributed by atoms with E-state index in [2.05, 4.69) is 10.1 Å². The van der Waals surface area contributed by atoms with Gasteiger partial charge in [0.05, 0.1) is 18.8 Å². The second-order valence-electron chi connectivity index (χ2n) is 4.34. The van der Waals surface area contributed by atoms with E-state index in [1.54, 1.807) is 19.1 Å². The molecule has 1 amide bonds. The maximum Gasteiger partial charge on any atom is 0.309 e. The minimum Gasteiger partial charge on any atom is -0.469 e. The fraction of sp³-hybridized carbons (Fsp3) is 0.429. The first-order valence-corrected chi connectivity index (χ1v) is 7.35. The topological polar surface area (TPSA) is 55.4 Å². The fourth-order valence-electron chi connectivity index (χ4n) is 1.45. The molecule has 1 unspecified atom stereocenters. The molecule has 0 aliphatic carbocycles. The summed E-state index contributed by atoms with van der Waals surface area (Å²) < 4.78 is 17.3. The van der Waals surface area contributed by atoms with Crippen LogP contribution in [0.15, 0.2) is 24.3 Å². The molecular weight excluding hydrogens is 281 g/mol. The fourth-order valence-corrected chi connectivity index (χ4v) is 2.35. The zero-order chi connectivity index (χ0) is 15.0.